The molecule has 3 aromatic rings. The van der Waals surface area contributed by atoms with Crippen LogP contribution in [-0.4, -0.2) is 43.7 Å². The van der Waals surface area contributed by atoms with Crippen molar-refractivity contribution in [2.45, 2.75) is 13.0 Å². The maximum atomic E-state index is 13.2. The molecule has 0 fully saturated rings. The molecule has 9 nitrogen and oxygen atoms in total. The number of non-ortho nitro benzene ring substituents is 1. The Labute approximate surface area is 198 Å². The van der Waals surface area contributed by atoms with Crippen molar-refractivity contribution in [3.05, 3.63) is 88.0 Å². The Kier molecular flexibility index (Phi) is 8.28. The third-order valence-corrected chi connectivity index (χ3v) is 5.29. The zero-order valence-electron chi connectivity index (χ0n) is 19.3. The number of nitro groups is 1. The highest BCUT2D eigenvalue weighted by atomic mass is 16.6. The van der Waals surface area contributed by atoms with Crippen LogP contribution in [-0.2, 0) is 13.0 Å². The van der Waals surface area contributed by atoms with Crippen molar-refractivity contribution in [2.75, 3.05) is 33.2 Å². The smallest absolute Gasteiger partial charge is 0.322 e. The van der Waals surface area contributed by atoms with Crippen LogP contribution in [0.15, 0.2) is 66.7 Å². The SMILES string of the molecule is COc1ccccc1CN(CCc1ccc(OC)c(OC)c1)C(=O)Nc1ccc([N+](=O)[O-])cc1. The van der Waals surface area contributed by atoms with E-state index in [1.165, 1.54) is 24.3 Å². The number of nitro benzene ring substituents is 1. The van der Waals surface area contributed by atoms with Gasteiger partial charge >= 0.3 is 6.03 Å². The monoisotopic (exact) mass is 465 g/mol. The molecule has 0 aliphatic carbocycles. The van der Waals surface area contributed by atoms with Gasteiger partial charge in [-0.3, -0.25) is 10.1 Å². The summed E-state index contributed by atoms with van der Waals surface area (Å²) in [6.07, 6.45) is 0.573. The molecule has 0 unspecified atom stereocenters. The summed E-state index contributed by atoms with van der Waals surface area (Å²) in [5, 5.41) is 13.7. The van der Waals surface area contributed by atoms with Crippen molar-refractivity contribution < 1.29 is 23.9 Å². The molecule has 0 atom stereocenters. The van der Waals surface area contributed by atoms with Gasteiger partial charge in [-0.1, -0.05) is 24.3 Å². The second-order valence-corrected chi connectivity index (χ2v) is 7.41. The van der Waals surface area contributed by atoms with E-state index in [2.05, 4.69) is 5.32 Å². The predicted octanol–water partition coefficient (Wildman–Crippen LogP) is 4.90. The predicted molar refractivity (Wildman–Crippen MR) is 129 cm³/mol. The molecule has 9 heteroatoms. The van der Waals surface area contributed by atoms with E-state index < -0.39 is 4.92 Å². The van der Waals surface area contributed by atoms with Gasteiger partial charge in [0.25, 0.3) is 5.69 Å². The molecule has 178 valence electrons. The van der Waals surface area contributed by atoms with Crippen LogP contribution in [0.4, 0.5) is 16.2 Å². The summed E-state index contributed by atoms with van der Waals surface area (Å²) in [6, 6.07) is 18.5. The molecular weight excluding hydrogens is 438 g/mol. The van der Waals surface area contributed by atoms with Crippen LogP contribution in [0.5, 0.6) is 17.2 Å². The van der Waals surface area contributed by atoms with Crippen LogP contribution >= 0.6 is 0 Å². The molecule has 2 amide bonds. The first-order valence-corrected chi connectivity index (χ1v) is 10.6. The Bertz CT molecular complexity index is 1130. The van der Waals surface area contributed by atoms with E-state index >= 15 is 0 Å². The van der Waals surface area contributed by atoms with E-state index in [1.54, 1.807) is 26.2 Å². The Hall–Kier alpha value is -4.27. The highest BCUT2D eigenvalue weighted by molar-refractivity contribution is 5.89. The number of anilines is 1. The Morgan fingerprint density at radius 1 is 0.912 bits per heavy atom. The van der Waals surface area contributed by atoms with E-state index in [-0.39, 0.29) is 11.7 Å². The summed E-state index contributed by atoms with van der Waals surface area (Å²) in [4.78, 5) is 25.2. The minimum absolute atomic E-state index is 0.0441. The third kappa shape index (κ3) is 6.16. The number of carbonyl (C=O) groups excluding carboxylic acids is 1. The second-order valence-electron chi connectivity index (χ2n) is 7.41. The number of nitrogens with one attached hydrogen (secondary N) is 1. The molecule has 0 aliphatic heterocycles. The van der Waals surface area contributed by atoms with Gasteiger partial charge in [-0.25, -0.2) is 4.79 Å². The lowest BCUT2D eigenvalue weighted by atomic mass is 10.1. The molecule has 0 heterocycles. The molecule has 3 aromatic carbocycles. The molecule has 0 bridgehead atoms. The van der Waals surface area contributed by atoms with Crippen LogP contribution in [0.2, 0.25) is 0 Å². The molecule has 34 heavy (non-hydrogen) atoms. The molecule has 0 aliphatic rings. The lowest BCUT2D eigenvalue weighted by molar-refractivity contribution is -0.384. The maximum Gasteiger partial charge on any atom is 0.322 e. The number of carbonyl (C=O) groups is 1. The van der Waals surface area contributed by atoms with Gasteiger partial charge in [0.15, 0.2) is 11.5 Å². The summed E-state index contributed by atoms with van der Waals surface area (Å²) in [5.74, 6) is 1.93. The minimum Gasteiger partial charge on any atom is -0.496 e. The highest BCUT2D eigenvalue weighted by Crippen LogP contribution is 2.28. The standard InChI is InChI=1S/C25H27N3O6/c1-32-22-7-5-4-6-19(22)17-27(15-14-18-8-13-23(33-2)24(16-18)34-3)25(29)26-20-9-11-21(12-10-20)28(30)31/h4-13,16H,14-15,17H2,1-3H3,(H,26,29). The number of methoxy groups -OCH3 is 3. The van der Waals surface area contributed by atoms with Gasteiger partial charge in [-0.2, -0.15) is 0 Å². The fourth-order valence-corrected chi connectivity index (χ4v) is 3.46. The minimum atomic E-state index is -0.483. The number of para-hydroxylation sites is 1. The van der Waals surface area contributed by atoms with E-state index in [0.29, 0.717) is 42.4 Å². The normalized spacial score (nSPS) is 10.3. The number of urea groups is 1. The van der Waals surface area contributed by atoms with E-state index in [1.807, 2.05) is 42.5 Å². The first-order valence-electron chi connectivity index (χ1n) is 10.6. The van der Waals surface area contributed by atoms with Crippen molar-refractivity contribution in [1.82, 2.24) is 4.90 Å². The molecule has 0 spiro atoms. The molecule has 0 aromatic heterocycles. The summed E-state index contributed by atoms with van der Waals surface area (Å²) >= 11 is 0. The van der Waals surface area contributed by atoms with E-state index in [4.69, 9.17) is 14.2 Å². The van der Waals surface area contributed by atoms with E-state index in [0.717, 1.165) is 11.1 Å². The summed E-state index contributed by atoms with van der Waals surface area (Å²) in [7, 11) is 4.74. The average molecular weight is 466 g/mol. The number of rotatable bonds is 10. The molecular formula is C25H27N3O6. The molecule has 1 N–H and O–H groups in total. The maximum absolute atomic E-state index is 13.2. The van der Waals surface area contributed by atoms with Crippen molar-refractivity contribution in [3.63, 3.8) is 0 Å². The van der Waals surface area contributed by atoms with Crippen molar-refractivity contribution >= 4 is 17.4 Å². The van der Waals surface area contributed by atoms with Crippen LogP contribution in [0, 0.1) is 10.1 Å². The zero-order chi connectivity index (χ0) is 24.5. The van der Waals surface area contributed by atoms with Gasteiger partial charge in [-0.15, -0.1) is 0 Å². The molecule has 0 saturated carbocycles. The largest absolute Gasteiger partial charge is 0.496 e. The molecule has 3 rings (SSSR count). The lowest BCUT2D eigenvalue weighted by Crippen LogP contribution is -2.36. The van der Waals surface area contributed by atoms with Crippen LogP contribution in [0.3, 0.4) is 0 Å². The second kappa shape index (κ2) is 11.6. The number of ether oxygens (including phenoxy) is 3. The quantitative estimate of drug-likeness (QED) is 0.338. The van der Waals surface area contributed by atoms with Crippen LogP contribution in [0.25, 0.3) is 0 Å². The van der Waals surface area contributed by atoms with Crippen molar-refractivity contribution in [2.24, 2.45) is 0 Å². The fourth-order valence-electron chi connectivity index (χ4n) is 3.46. The van der Waals surface area contributed by atoms with Gasteiger partial charge in [-0.05, 0) is 42.3 Å². The number of nitrogens with zero attached hydrogens (tertiary/aromatic N) is 2. The Balaban J connectivity index is 1.79. The number of benzene rings is 3. The summed E-state index contributed by atoms with van der Waals surface area (Å²) in [5.41, 5.74) is 2.26. The Morgan fingerprint density at radius 3 is 2.24 bits per heavy atom. The van der Waals surface area contributed by atoms with Gasteiger partial charge < -0.3 is 24.4 Å². The fraction of sp³-hybridized carbons (Fsp3) is 0.240. The first kappa shape index (κ1) is 24.4. The Morgan fingerprint density at radius 2 is 1.59 bits per heavy atom. The summed E-state index contributed by atoms with van der Waals surface area (Å²) in [6.45, 7) is 0.725. The highest BCUT2D eigenvalue weighted by Gasteiger charge is 2.17. The van der Waals surface area contributed by atoms with Gasteiger partial charge in [0.05, 0.1) is 32.8 Å². The molecule has 0 radical (unpaired) electrons. The van der Waals surface area contributed by atoms with E-state index in [9.17, 15) is 14.9 Å². The number of hydrogen-bond donors (Lipinski definition) is 1. The van der Waals surface area contributed by atoms with Crippen molar-refractivity contribution in [1.29, 1.82) is 0 Å². The zero-order valence-corrected chi connectivity index (χ0v) is 19.3. The molecule has 0 saturated heterocycles. The number of amides is 2. The van der Waals surface area contributed by atoms with Crippen molar-refractivity contribution in [3.8, 4) is 17.2 Å². The van der Waals surface area contributed by atoms with Gasteiger partial charge in [0.2, 0.25) is 0 Å². The third-order valence-electron chi connectivity index (χ3n) is 5.29. The van der Waals surface area contributed by atoms with Crippen LogP contribution in [0.1, 0.15) is 11.1 Å². The van der Waals surface area contributed by atoms with Gasteiger partial charge in [0.1, 0.15) is 5.75 Å². The summed E-state index contributed by atoms with van der Waals surface area (Å²) < 4.78 is 16.1. The average Bonchev–Trinajstić information content (AvgIpc) is 2.86. The van der Waals surface area contributed by atoms with Gasteiger partial charge in [0, 0.05) is 29.9 Å². The number of hydrogen-bond acceptors (Lipinski definition) is 6. The topological polar surface area (TPSA) is 103 Å². The lowest BCUT2D eigenvalue weighted by Gasteiger charge is -2.24. The van der Waals surface area contributed by atoms with Crippen LogP contribution < -0.4 is 19.5 Å². The first-order chi connectivity index (χ1) is 16.4.